The van der Waals surface area contributed by atoms with Crippen LogP contribution in [-0.2, 0) is 16.6 Å². The summed E-state index contributed by atoms with van der Waals surface area (Å²) in [5.74, 6) is 0.652. The van der Waals surface area contributed by atoms with E-state index >= 15 is 0 Å². The Morgan fingerprint density at radius 1 is 0.933 bits per heavy atom. The molecule has 0 radical (unpaired) electrons. The van der Waals surface area contributed by atoms with Crippen LogP contribution in [0.3, 0.4) is 0 Å². The Bertz CT molecular complexity index is 1250. The van der Waals surface area contributed by atoms with Crippen LogP contribution >= 0.6 is 11.6 Å². The van der Waals surface area contributed by atoms with Crippen LogP contribution in [0, 0.1) is 0 Å². The third-order valence-corrected chi connectivity index (χ3v) is 6.65. The smallest absolute Gasteiger partial charge is 0.268 e. The van der Waals surface area contributed by atoms with Crippen molar-refractivity contribution < 1.29 is 13.2 Å². The average Bonchev–Trinajstić information content (AvgIpc) is 3.20. The zero-order valence-corrected chi connectivity index (χ0v) is 17.7. The summed E-state index contributed by atoms with van der Waals surface area (Å²) >= 11 is 6.00. The Kier molecular flexibility index (Phi) is 6.08. The molecule has 0 aliphatic carbocycles. The SMILES string of the molecule is O=S(=O)(c1ccccc1)n1ccc2c(OCCNCc3cccc(Cl)c3)cccc21. The van der Waals surface area contributed by atoms with Crippen LogP contribution < -0.4 is 10.1 Å². The molecule has 7 heteroatoms. The minimum absolute atomic E-state index is 0.249. The van der Waals surface area contributed by atoms with E-state index in [1.807, 2.05) is 30.3 Å². The van der Waals surface area contributed by atoms with E-state index in [4.69, 9.17) is 16.3 Å². The number of fused-ring (bicyclic) bond motifs is 1. The fourth-order valence-electron chi connectivity index (χ4n) is 3.27. The minimum atomic E-state index is -3.66. The minimum Gasteiger partial charge on any atom is -0.492 e. The summed E-state index contributed by atoms with van der Waals surface area (Å²) in [6.07, 6.45) is 1.57. The van der Waals surface area contributed by atoms with Gasteiger partial charge in [0.05, 0.1) is 10.4 Å². The normalized spacial score (nSPS) is 11.6. The summed E-state index contributed by atoms with van der Waals surface area (Å²) in [4.78, 5) is 0.249. The van der Waals surface area contributed by atoms with Gasteiger partial charge in [0.15, 0.2) is 0 Å². The van der Waals surface area contributed by atoms with Gasteiger partial charge in [0.1, 0.15) is 12.4 Å². The molecule has 3 aromatic carbocycles. The molecule has 4 aromatic rings. The van der Waals surface area contributed by atoms with Gasteiger partial charge in [0.2, 0.25) is 0 Å². The number of rotatable bonds is 8. The second kappa shape index (κ2) is 8.92. The van der Waals surface area contributed by atoms with Gasteiger partial charge in [-0.2, -0.15) is 0 Å². The lowest BCUT2D eigenvalue weighted by Gasteiger charge is -2.10. The number of benzene rings is 3. The fourth-order valence-corrected chi connectivity index (χ4v) is 4.85. The molecule has 1 heterocycles. The first-order chi connectivity index (χ1) is 14.6. The van der Waals surface area contributed by atoms with Gasteiger partial charge in [-0.25, -0.2) is 12.4 Å². The molecule has 0 aliphatic heterocycles. The van der Waals surface area contributed by atoms with E-state index in [2.05, 4.69) is 5.32 Å². The van der Waals surface area contributed by atoms with Crippen molar-refractivity contribution in [2.24, 2.45) is 0 Å². The monoisotopic (exact) mass is 440 g/mol. The second-order valence-electron chi connectivity index (χ2n) is 6.77. The largest absolute Gasteiger partial charge is 0.492 e. The van der Waals surface area contributed by atoms with Crippen LogP contribution in [0.4, 0.5) is 0 Å². The van der Waals surface area contributed by atoms with Gasteiger partial charge in [0, 0.05) is 29.7 Å². The molecule has 0 spiro atoms. The van der Waals surface area contributed by atoms with Crippen LogP contribution in [0.25, 0.3) is 10.9 Å². The van der Waals surface area contributed by atoms with E-state index in [-0.39, 0.29) is 4.90 Å². The summed E-state index contributed by atoms with van der Waals surface area (Å²) < 4.78 is 33.2. The summed E-state index contributed by atoms with van der Waals surface area (Å²) in [6, 6.07) is 23.3. The zero-order chi connectivity index (χ0) is 21.0. The number of hydrogen-bond donors (Lipinski definition) is 1. The predicted octanol–water partition coefficient (Wildman–Crippen LogP) is 4.70. The van der Waals surface area contributed by atoms with Gasteiger partial charge in [-0.15, -0.1) is 0 Å². The highest BCUT2D eigenvalue weighted by molar-refractivity contribution is 7.90. The molecule has 4 rings (SSSR count). The van der Waals surface area contributed by atoms with Crippen LogP contribution in [0.2, 0.25) is 5.02 Å². The molecule has 154 valence electrons. The number of aromatic nitrogens is 1. The summed E-state index contributed by atoms with van der Waals surface area (Å²) in [5.41, 5.74) is 1.69. The van der Waals surface area contributed by atoms with Gasteiger partial charge >= 0.3 is 0 Å². The Balaban J connectivity index is 1.45. The quantitative estimate of drug-likeness (QED) is 0.403. The summed E-state index contributed by atoms with van der Waals surface area (Å²) in [6.45, 7) is 1.79. The highest BCUT2D eigenvalue weighted by Gasteiger charge is 2.19. The number of ether oxygens (including phenoxy) is 1. The molecule has 1 aromatic heterocycles. The molecule has 0 unspecified atom stereocenters. The van der Waals surface area contributed by atoms with E-state index < -0.39 is 10.0 Å². The van der Waals surface area contributed by atoms with Crippen molar-refractivity contribution in [1.29, 1.82) is 0 Å². The lowest BCUT2D eigenvalue weighted by molar-refractivity contribution is 0.317. The Hall–Kier alpha value is -2.80. The van der Waals surface area contributed by atoms with Gasteiger partial charge in [-0.3, -0.25) is 0 Å². The van der Waals surface area contributed by atoms with Crippen molar-refractivity contribution in [3.63, 3.8) is 0 Å². The van der Waals surface area contributed by atoms with Crippen molar-refractivity contribution in [2.75, 3.05) is 13.2 Å². The molecule has 0 saturated carbocycles. The third-order valence-electron chi connectivity index (χ3n) is 4.71. The molecule has 0 fully saturated rings. The van der Waals surface area contributed by atoms with Gasteiger partial charge in [-0.05, 0) is 48.0 Å². The molecule has 30 heavy (non-hydrogen) atoms. The molecule has 1 N–H and O–H groups in total. The van der Waals surface area contributed by atoms with Gasteiger partial charge in [0.25, 0.3) is 10.0 Å². The first-order valence-electron chi connectivity index (χ1n) is 9.54. The van der Waals surface area contributed by atoms with E-state index in [1.165, 1.54) is 3.97 Å². The van der Waals surface area contributed by atoms with E-state index in [9.17, 15) is 8.42 Å². The first-order valence-corrected chi connectivity index (χ1v) is 11.4. The molecule has 5 nitrogen and oxygen atoms in total. The second-order valence-corrected chi connectivity index (χ2v) is 9.03. The van der Waals surface area contributed by atoms with Crippen molar-refractivity contribution in [3.05, 3.63) is 95.6 Å². The first kappa shape index (κ1) is 20.5. The standard InChI is InChI=1S/C23H21ClN2O3S/c24-19-7-4-6-18(16-19)17-25-13-15-29-23-11-5-10-22-21(23)12-14-26(22)30(27,28)20-8-2-1-3-9-20/h1-12,14,16,25H,13,15,17H2. The highest BCUT2D eigenvalue weighted by Crippen LogP contribution is 2.29. The van der Waals surface area contributed by atoms with E-state index in [0.717, 1.165) is 10.9 Å². The average molecular weight is 441 g/mol. The molecule has 0 saturated heterocycles. The maximum absolute atomic E-state index is 13.0. The zero-order valence-electron chi connectivity index (χ0n) is 16.2. The number of hydrogen-bond acceptors (Lipinski definition) is 4. The van der Waals surface area contributed by atoms with Crippen molar-refractivity contribution in [2.45, 2.75) is 11.4 Å². The Morgan fingerprint density at radius 3 is 2.53 bits per heavy atom. The molecule has 0 aliphatic rings. The van der Waals surface area contributed by atoms with Gasteiger partial charge < -0.3 is 10.1 Å². The van der Waals surface area contributed by atoms with Crippen LogP contribution in [0.15, 0.2) is 90.0 Å². The van der Waals surface area contributed by atoms with Crippen molar-refractivity contribution in [3.8, 4) is 5.75 Å². The third kappa shape index (κ3) is 4.36. The van der Waals surface area contributed by atoms with Crippen LogP contribution in [-0.4, -0.2) is 25.5 Å². The van der Waals surface area contributed by atoms with E-state index in [1.54, 1.807) is 54.7 Å². The lowest BCUT2D eigenvalue weighted by atomic mass is 10.2. The number of halogens is 1. The lowest BCUT2D eigenvalue weighted by Crippen LogP contribution is -2.20. The fraction of sp³-hybridized carbons (Fsp3) is 0.130. The van der Waals surface area contributed by atoms with Gasteiger partial charge in [-0.1, -0.05) is 48.0 Å². The highest BCUT2D eigenvalue weighted by atomic mass is 35.5. The van der Waals surface area contributed by atoms with Crippen LogP contribution in [0.5, 0.6) is 5.75 Å². The summed E-state index contributed by atoms with van der Waals surface area (Å²) in [7, 11) is -3.66. The van der Waals surface area contributed by atoms with Crippen molar-refractivity contribution in [1.82, 2.24) is 9.29 Å². The maximum atomic E-state index is 13.0. The molecular weight excluding hydrogens is 420 g/mol. The molecule has 0 amide bonds. The van der Waals surface area contributed by atoms with Crippen molar-refractivity contribution >= 4 is 32.5 Å². The van der Waals surface area contributed by atoms with E-state index in [0.29, 0.717) is 36.0 Å². The number of nitrogens with zero attached hydrogens (tertiary/aromatic N) is 1. The molecule has 0 bridgehead atoms. The topological polar surface area (TPSA) is 60.3 Å². The molecule has 0 atom stereocenters. The van der Waals surface area contributed by atoms with Crippen LogP contribution in [0.1, 0.15) is 5.56 Å². The predicted molar refractivity (Wildman–Crippen MR) is 120 cm³/mol. The number of nitrogens with one attached hydrogen (secondary N) is 1. The maximum Gasteiger partial charge on any atom is 0.268 e. The Labute approximate surface area is 180 Å². The molecular formula is C23H21ClN2O3S. The summed E-state index contributed by atoms with van der Waals surface area (Å²) in [5, 5.41) is 4.78. The Morgan fingerprint density at radius 2 is 1.73 bits per heavy atom.